The molecule has 0 radical (unpaired) electrons. The molecule has 0 unspecified atom stereocenters. The average Bonchev–Trinajstić information content (AvgIpc) is 3.30. The lowest BCUT2D eigenvalue weighted by molar-refractivity contribution is 0.565. The molecule has 1 aliphatic rings. The van der Waals surface area contributed by atoms with Crippen LogP contribution >= 0.6 is 0 Å². The van der Waals surface area contributed by atoms with Crippen molar-refractivity contribution in [3.63, 3.8) is 0 Å². The molecule has 0 atom stereocenters. The van der Waals surface area contributed by atoms with E-state index in [2.05, 4.69) is 4.72 Å². The van der Waals surface area contributed by atoms with Crippen molar-refractivity contribution in [1.82, 2.24) is 4.72 Å². The lowest BCUT2D eigenvalue weighted by atomic mass is 9.96. The standard InChI is InChI=1S/C17H17F2NO2S/c18-15-5-1-13(2-6-15)11-23(21,22)20-12-17(9-10-17)14-3-7-16(19)8-4-14/h1-8,20H,9-12H2. The molecule has 1 aliphatic carbocycles. The van der Waals surface area contributed by atoms with Crippen molar-refractivity contribution in [3.05, 3.63) is 71.3 Å². The summed E-state index contributed by atoms with van der Waals surface area (Å²) in [6.45, 7) is 0.294. The van der Waals surface area contributed by atoms with E-state index in [4.69, 9.17) is 0 Å². The van der Waals surface area contributed by atoms with Gasteiger partial charge in [0.1, 0.15) is 11.6 Å². The van der Waals surface area contributed by atoms with E-state index in [1.807, 2.05) is 0 Å². The molecular formula is C17H17F2NO2S. The number of nitrogens with one attached hydrogen (secondary N) is 1. The molecule has 2 aromatic rings. The second kappa shape index (κ2) is 6.02. The molecule has 3 nitrogen and oxygen atoms in total. The topological polar surface area (TPSA) is 46.2 Å². The van der Waals surface area contributed by atoms with Crippen molar-refractivity contribution in [1.29, 1.82) is 0 Å². The highest BCUT2D eigenvalue weighted by atomic mass is 32.2. The van der Waals surface area contributed by atoms with Crippen LogP contribution in [0.15, 0.2) is 48.5 Å². The van der Waals surface area contributed by atoms with Crippen molar-refractivity contribution >= 4 is 10.0 Å². The van der Waals surface area contributed by atoms with E-state index < -0.39 is 15.8 Å². The van der Waals surface area contributed by atoms with E-state index in [1.165, 1.54) is 36.4 Å². The Morgan fingerprint density at radius 3 is 1.96 bits per heavy atom. The lowest BCUT2D eigenvalue weighted by Crippen LogP contribution is -2.33. The first kappa shape index (κ1) is 16.1. The zero-order chi connectivity index (χ0) is 16.5. The molecule has 122 valence electrons. The largest absolute Gasteiger partial charge is 0.215 e. The molecular weight excluding hydrogens is 320 g/mol. The Morgan fingerprint density at radius 1 is 0.913 bits per heavy atom. The van der Waals surface area contributed by atoms with E-state index in [0.717, 1.165) is 18.4 Å². The summed E-state index contributed by atoms with van der Waals surface area (Å²) in [7, 11) is -3.50. The van der Waals surface area contributed by atoms with Crippen LogP contribution < -0.4 is 4.72 Å². The van der Waals surface area contributed by atoms with Gasteiger partial charge in [-0.05, 0) is 48.2 Å². The summed E-state index contributed by atoms with van der Waals surface area (Å²) in [6.07, 6.45) is 1.75. The van der Waals surface area contributed by atoms with Crippen molar-refractivity contribution in [2.75, 3.05) is 6.54 Å². The van der Waals surface area contributed by atoms with Crippen molar-refractivity contribution in [3.8, 4) is 0 Å². The molecule has 0 aliphatic heterocycles. The van der Waals surface area contributed by atoms with Crippen LogP contribution in [0.2, 0.25) is 0 Å². The third kappa shape index (κ3) is 3.95. The Balaban J connectivity index is 1.65. The van der Waals surface area contributed by atoms with Gasteiger partial charge >= 0.3 is 0 Å². The van der Waals surface area contributed by atoms with Gasteiger partial charge in [-0.2, -0.15) is 0 Å². The summed E-state index contributed by atoms with van der Waals surface area (Å²) in [6, 6.07) is 11.6. The Labute approximate surface area is 134 Å². The molecule has 3 rings (SSSR count). The fraction of sp³-hybridized carbons (Fsp3) is 0.294. The smallest absolute Gasteiger partial charge is 0.214 e. The molecule has 2 aromatic carbocycles. The van der Waals surface area contributed by atoms with E-state index in [1.54, 1.807) is 12.1 Å². The maximum atomic E-state index is 13.0. The van der Waals surface area contributed by atoms with Crippen LogP contribution in [0, 0.1) is 11.6 Å². The van der Waals surface area contributed by atoms with Crippen molar-refractivity contribution in [2.45, 2.75) is 24.0 Å². The van der Waals surface area contributed by atoms with Crippen LogP contribution in [-0.2, 0) is 21.2 Å². The highest BCUT2D eigenvalue weighted by Crippen LogP contribution is 2.47. The molecule has 1 fully saturated rings. The first-order valence-corrected chi connectivity index (χ1v) is 9.02. The molecule has 23 heavy (non-hydrogen) atoms. The summed E-state index contributed by atoms with van der Waals surface area (Å²) in [4.78, 5) is 0. The molecule has 1 N–H and O–H groups in total. The van der Waals surface area contributed by atoms with Gasteiger partial charge in [0.05, 0.1) is 5.75 Å². The Morgan fingerprint density at radius 2 is 1.43 bits per heavy atom. The fourth-order valence-electron chi connectivity index (χ4n) is 2.62. The molecule has 6 heteroatoms. The Hall–Kier alpha value is -1.79. The van der Waals surface area contributed by atoms with E-state index in [0.29, 0.717) is 12.1 Å². The molecule has 1 saturated carbocycles. The summed E-state index contributed by atoms with van der Waals surface area (Å²) in [5.74, 6) is -0.888. The maximum absolute atomic E-state index is 13.0. The minimum absolute atomic E-state index is 0.188. The summed E-state index contributed by atoms with van der Waals surface area (Å²) in [5, 5.41) is 0. The molecule has 0 heterocycles. The molecule has 0 aromatic heterocycles. The third-order valence-electron chi connectivity index (χ3n) is 4.21. The van der Waals surface area contributed by atoms with Gasteiger partial charge in [0.25, 0.3) is 0 Å². The van der Waals surface area contributed by atoms with Gasteiger partial charge in [-0.1, -0.05) is 24.3 Å². The van der Waals surface area contributed by atoms with Gasteiger partial charge in [0, 0.05) is 12.0 Å². The SMILES string of the molecule is O=S(=O)(Cc1ccc(F)cc1)NCC1(c2ccc(F)cc2)CC1. The van der Waals surface area contributed by atoms with Crippen LogP contribution in [0.25, 0.3) is 0 Å². The van der Waals surface area contributed by atoms with Crippen LogP contribution in [0.5, 0.6) is 0 Å². The number of sulfonamides is 1. The first-order valence-electron chi connectivity index (χ1n) is 7.36. The number of rotatable bonds is 6. The molecule has 0 spiro atoms. The number of hydrogen-bond donors (Lipinski definition) is 1. The van der Waals surface area contributed by atoms with Crippen LogP contribution in [0.3, 0.4) is 0 Å². The van der Waals surface area contributed by atoms with Crippen LogP contribution in [-0.4, -0.2) is 15.0 Å². The second-order valence-electron chi connectivity index (χ2n) is 5.99. The van der Waals surface area contributed by atoms with Crippen molar-refractivity contribution in [2.24, 2.45) is 0 Å². The van der Waals surface area contributed by atoms with Gasteiger partial charge < -0.3 is 0 Å². The fourth-order valence-corrected chi connectivity index (χ4v) is 3.85. The monoisotopic (exact) mass is 337 g/mol. The highest BCUT2D eigenvalue weighted by molar-refractivity contribution is 7.88. The summed E-state index contributed by atoms with van der Waals surface area (Å²) < 4.78 is 52.8. The van der Waals surface area contributed by atoms with Gasteiger partial charge in [0.2, 0.25) is 10.0 Å². The molecule has 0 bridgehead atoms. The zero-order valence-corrected chi connectivity index (χ0v) is 13.2. The van der Waals surface area contributed by atoms with E-state index in [9.17, 15) is 17.2 Å². The minimum Gasteiger partial charge on any atom is -0.214 e. The second-order valence-corrected chi connectivity index (χ2v) is 7.80. The van der Waals surface area contributed by atoms with Crippen LogP contribution in [0.4, 0.5) is 8.78 Å². The van der Waals surface area contributed by atoms with E-state index >= 15 is 0 Å². The lowest BCUT2D eigenvalue weighted by Gasteiger charge is -2.17. The first-order chi connectivity index (χ1) is 10.9. The number of halogens is 2. The molecule has 0 amide bonds. The van der Waals surface area contributed by atoms with Gasteiger partial charge in [-0.3, -0.25) is 0 Å². The predicted octanol–water partition coefficient (Wildman–Crippen LogP) is 3.12. The predicted molar refractivity (Wildman–Crippen MR) is 84.3 cm³/mol. The average molecular weight is 337 g/mol. The normalized spacial score (nSPS) is 16.3. The Kier molecular flexibility index (Phi) is 4.21. The maximum Gasteiger partial charge on any atom is 0.215 e. The summed E-state index contributed by atoms with van der Waals surface area (Å²) in [5.41, 5.74) is 1.25. The summed E-state index contributed by atoms with van der Waals surface area (Å²) >= 11 is 0. The van der Waals surface area contributed by atoms with Crippen molar-refractivity contribution < 1.29 is 17.2 Å². The highest BCUT2D eigenvalue weighted by Gasteiger charge is 2.44. The van der Waals surface area contributed by atoms with Gasteiger partial charge in [-0.25, -0.2) is 21.9 Å². The number of hydrogen-bond acceptors (Lipinski definition) is 2. The van der Waals surface area contributed by atoms with Gasteiger partial charge in [0.15, 0.2) is 0 Å². The molecule has 0 saturated heterocycles. The van der Waals surface area contributed by atoms with E-state index in [-0.39, 0.29) is 17.0 Å². The quantitative estimate of drug-likeness (QED) is 0.880. The Bertz CT molecular complexity index is 782. The van der Waals surface area contributed by atoms with Crippen LogP contribution in [0.1, 0.15) is 24.0 Å². The number of benzene rings is 2. The minimum atomic E-state index is -3.50. The third-order valence-corrected chi connectivity index (χ3v) is 5.51. The zero-order valence-electron chi connectivity index (χ0n) is 12.4. The van der Waals surface area contributed by atoms with Gasteiger partial charge in [-0.15, -0.1) is 0 Å².